The van der Waals surface area contributed by atoms with E-state index in [-0.39, 0.29) is 18.0 Å². The third kappa shape index (κ3) is 5.77. The van der Waals surface area contributed by atoms with Gasteiger partial charge in [0.15, 0.2) is 0 Å². The Kier molecular flexibility index (Phi) is 8.20. The summed E-state index contributed by atoms with van der Waals surface area (Å²) in [6.07, 6.45) is 3.74. The van der Waals surface area contributed by atoms with Crippen LogP contribution in [0.25, 0.3) is 0 Å². The van der Waals surface area contributed by atoms with Crippen LogP contribution in [-0.4, -0.2) is 64.1 Å². The van der Waals surface area contributed by atoms with E-state index in [1.54, 1.807) is 19.9 Å². The van der Waals surface area contributed by atoms with Crippen LogP contribution in [0.2, 0.25) is 0 Å². The maximum atomic E-state index is 13.2. The Morgan fingerprint density at radius 2 is 1.91 bits per heavy atom. The van der Waals surface area contributed by atoms with Crippen molar-refractivity contribution in [3.05, 3.63) is 29.5 Å². The van der Waals surface area contributed by atoms with Crippen LogP contribution in [0.3, 0.4) is 0 Å². The van der Waals surface area contributed by atoms with E-state index in [4.69, 9.17) is 9.47 Å². The zero-order chi connectivity index (χ0) is 24.0. The number of anilines is 1. The fourth-order valence-corrected chi connectivity index (χ4v) is 5.56. The molecule has 0 saturated carbocycles. The van der Waals surface area contributed by atoms with E-state index in [2.05, 4.69) is 16.0 Å². The largest absolute Gasteiger partial charge is 0.495 e. The second-order valence-electron chi connectivity index (χ2n) is 7.97. The van der Waals surface area contributed by atoms with Crippen LogP contribution >= 0.6 is 0 Å². The molecule has 1 saturated heterocycles. The summed E-state index contributed by atoms with van der Waals surface area (Å²) < 4.78 is 38.5. The minimum Gasteiger partial charge on any atom is -0.495 e. The number of hydrogen-bond acceptors (Lipinski definition) is 7. The molecule has 11 heteroatoms. The molecule has 0 spiro atoms. The van der Waals surface area contributed by atoms with Crippen LogP contribution in [0.1, 0.15) is 39.5 Å². The van der Waals surface area contributed by atoms with Gasteiger partial charge < -0.3 is 25.4 Å². The van der Waals surface area contributed by atoms with Crippen molar-refractivity contribution in [2.24, 2.45) is 0 Å². The van der Waals surface area contributed by atoms with Gasteiger partial charge in [-0.15, -0.1) is 0 Å². The topological polar surface area (TPSA) is 126 Å². The molecule has 1 fully saturated rings. The zero-order valence-electron chi connectivity index (χ0n) is 19.3. The number of rotatable bonds is 8. The molecule has 2 heterocycles. The molecule has 0 unspecified atom stereocenters. The molecule has 182 valence electrons. The molecule has 1 atom stereocenters. The number of nitrogens with zero attached hydrogens (tertiary/aromatic N) is 1. The van der Waals surface area contributed by atoms with Crippen LogP contribution in [0.5, 0.6) is 5.75 Å². The number of carbonyl (C=O) groups excluding carboxylic acids is 2. The highest BCUT2D eigenvalue weighted by atomic mass is 32.2. The number of urea groups is 1. The Labute approximate surface area is 194 Å². The number of ether oxygens (including phenoxy) is 2. The van der Waals surface area contributed by atoms with Gasteiger partial charge in [0.05, 0.1) is 48.2 Å². The number of amides is 2. The van der Waals surface area contributed by atoms with Gasteiger partial charge in [0.1, 0.15) is 5.75 Å². The lowest BCUT2D eigenvalue weighted by molar-refractivity contribution is -0.139. The molecule has 0 aromatic heterocycles. The molecule has 0 radical (unpaired) electrons. The molecule has 33 heavy (non-hydrogen) atoms. The predicted octanol–water partition coefficient (Wildman–Crippen LogP) is 2.19. The number of carbonyl (C=O) groups is 2. The number of sulfonamides is 1. The molecule has 2 aliphatic rings. The van der Waals surface area contributed by atoms with E-state index in [1.807, 2.05) is 0 Å². The minimum atomic E-state index is -3.65. The highest BCUT2D eigenvalue weighted by Crippen LogP contribution is 2.30. The first-order valence-corrected chi connectivity index (χ1v) is 12.6. The van der Waals surface area contributed by atoms with Crippen molar-refractivity contribution >= 4 is 27.7 Å². The molecule has 10 nitrogen and oxygen atoms in total. The summed E-state index contributed by atoms with van der Waals surface area (Å²) in [6.45, 7) is 4.67. The summed E-state index contributed by atoms with van der Waals surface area (Å²) in [6, 6.07) is 3.68. The molecule has 1 aromatic carbocycles. The van der Waals surface area contributed by atoms with Gasteiger partial charge in [0, 0.05) is 13.1 Å². The van der Waals surface area contributed by atoms with Crippen LogP contribution in [0, 0.1) is 0 Å². The highest BCUT2D eigenvalue weighted by molar-refractivity contribution is 7.89. The maximum Gasteiger partial charge on any atom is 0.337 e. The molecule has 3 N–H and O–H groups in total. The molecule has 0 bridgehead atoms. The van der Waals surface area contributed by atoms with Crippen LogP contribution in [0.4, 0.5) is 10.5 Å². The molecular weight excluding hydrogens is 448 g/mol. The minimum absolute atomic E-state index is 0.0650. The predicted molar refractivity (Wildman–Crippen MR) is 123 cm³/mol. The van der Waals surface area contributed by atoms with Crippen molar-refractivity contribution in [1.82, 2.24) is 14.9 Å². The molecule has 0 aliphatic carbocycles. The SMILES string of the molecule is CCOC(=O)C1=C(CNc2cc(S(=O)(=O)N3CCCCCC3)ccc2OC)NC(=O)N[C@H]1C. The summed E-state index contributed by atoms with van der Waals surface area (Å²) in [4.78, 5) is 24.6. The van der Waals surface area contributed by atoms with Gasteiger partial charge in [0.25, 0.3) is 0 Å². The summed E-state index contributed by atoms with van der Waals surface area (Å²) in [7, 11) is -2.17. The zero-order valence-corrected chi connectivity index (χ0v) is 20.1. The Bertz CT molecular complexity index is 1020. The quantitative estimate of drug-likeness (QED) is 0.487. The number of esters is 1. The van der Waals surface area contributed by atoms with Crippen molar-refractivity contribution in [2.75, 3.05) is 38.7 Å². The number of methoxy groups -OCH3 is 1. The fourth-order valence-electron chi connectivity index (χ4n) is 4.02. The average molecular weight is 481 g/mol. The molecule has 2 amide bonds. The fraction of sp³-hybridized carbons (Fsp3) is 0.545. The summed E-state index contributed by atoms with van der Waals surface area (Å²) in [5.74, 6) is -0.0878. The molecule has 3 rings (SSSR count). The molecule has 2 aliphatic heterocycles. The monoisotopic (exact) mass is 480 g/mol. The Morgan fingerprint density at radius 1 is 1.21 bits per heavy atom. The van der Waals surface area contributed by atoms with E-state index in [9.17, 15) is 18.0 Å². The van der Waals surface area contributed by atoms with Gasteiger partial charge in [0.2, 0.25) is 10.0 Å². The van der Waals surface area contributed by atoms with Crippen molar-refractivity contribution in [1.29, 1.82) is 0 Å². The van der Waals surface area contributed by atoms with E-state index in [1.165, 1.54) is 23.5 Å². The van der Waals surface area contributed by atoms with Gasteiger partial charge in [-0.1, -0.05) is 12.8 Å². The molecular formula is C22H32N4O6S. The lowest BCUT2D eigenvalue weighted by Gasteiger charge is -2.27. The second kappa shape index (κ2) is 10.9. The van der Waals surface area contributed by atoms with Crippen molar-refractivity contribution in [2.45, 2.75) is 50.5 Å². The Balaban J connectivity index is 1.88. The number of hydrogen-bond donors (Lipinski definition) is 3. The molecule has 1 aromatic rings. The first-order valence-electron chi connectivity index (χ1n) is 11.2. The third-order valence-corrected chi connectivity index (χ3v) is 7.59. The van der Waals surface area contributed by atoms with Gasteiger partial charge in [-0.05, 0) is 44.9 Å². The van der Waals surface area contributed by atoms with E-state index < -0.39 is 28.1 Å². The van der Waals surface area contributed by atoms with E-state index >= 15 is 0 Å². The maximum absolute atomic E-state index is 13.2. The van der Waals surface area contributed by atoms with Crippen LogP contribution < -0.4 is 20.7 Å². The van der Waals surface area contributed by atoms with E-state index in [0.717, 1.165) is 25.7 Å². The average Bonchev–Trinajstić information content (AvgIpc) is 3.07. The first-order chi connectivity index (χ1) is 15.8. The first kappa shape index (κ1) is 24.8. The van der Waals surface area contributed by atoms with Crippen LogP contribution in [0.15, 0.2) is 34.4 Å². The second-order valence-corrected chi connectivity index (χ2v) is 9.90. The van der Waals surface area contributed by atoms with Crippen molar-refractivity contribution < 1.29 is 27.5 Å². The smallest absolute Gasteiger partial charge is 0.337 e. The highest BCUT2D eigenvalue weighted by Gasteiger charge is 2.30. The summed E-state index contributed by atoms with van der Waals surface area (Å²) in [5.41, 5.74) is 1.09. The Hall–Kier alpha value is -2.79. The van der Waals surface area contributed by atoms with Crippen molar-refractivity contribution in [3.63, 3.8) is 0 Å². The Morgan fingerprint density at radius 3 is 2.55 bits per heavy atom. The summed E-state index contributed by atoms with van der Waals surface area (Å²) >= 11 is 0. The van der Waals surface area contributed by atoms with E-state index in [0.29, 0.717) is 35.8 Å². The van der Waals surface area contributed by atoms with Crippen LogP contribution in [-0.2, 0) is 19.6 Å². The summed E-state index contributed by atoms with van der Waals surface area (Å²) in [5, 5.41) is 8.40. The number of nitrogens with one attached hydrogen (secondary N) is 3. The van der Waals surface area contributed by atoms with Gasteiger partial charge in [-0.3, -0.25) is 0 Å². The lowest BCUT2D eigenvalue weighted by atomic mass is 10.0. The number of benzene rings is 1. The van der Waals surface area contributed by atoms with Gasteiger partial charge in [-0.25, -0.2) is 18.0 Å². The standard InChI is InChI=1S/C22H32N4O6S/c1-4-32-21(27)20-15(2)24-22(28)25-18(20)14-23-17-13-16(9-10-19(17)31-3)33(29,30)26-11-7-5-6-8-12-26/h9-10,13,15,23H,4-8,11-12,14H2,1-3H3,(H2,24,25,28)/t15-/m0/s1. The normalized spacial score (nSPS) is 19.8. The third-order valence-electron chi connectivity index (χ3n) is 5.69. The van der Waals surface area contributed by atoms with Gasteiger partial charge >= 0.3 is 12.0 Å². The van der Waals surface area contributed by atoms with Crippen molar-refractivity contribution in [3.8, 4) is 5.75 Å². The van der Waals surface area contributed by atoms with Gasteiger partial charge in [-0.2, -0.15) is 4.31 Å². The lowest BCUT2D eigenvalue weighted by Crippen LogP contribution is -2.50.